The van der Waals surface area contributed by atoms with Gasteiger partial charge in [-0.15, -0.1) is 0 Å². The van der Waals surface area contributed by atoms with Gasteiger partial charge < -0.3 is 11.1 Å². The molecule has 0 aromatic heterocycles. The van der Waals surface area contributed by atoms with Gasteiger partial charge in [0.25, 0.3) is 0 Å². The van der Waals surface area contributed by atoms with Crippen molar-refractivity contribution in [3.8, 4) is 0 Å². The molecule has 2 nitrogen and oxygen atoms in total. The van der Waals surface area contributed by atoms with Crippen LogP contribution in [0.25, 0.3) is 0 Å². The molecule has 2 heteroatoms. The van der Waals surface area contributed by atoms with Crippen LogP contribution in [-0.2, 0) is 0 Å². The van der Waals surface area contributed by atoms with Crippen molar-refractivity contribution in [1.82, 2.24) is 5.32 Å². The van der Waals surface area contributed by atoms with Gasteiger partial charge in [0, 0.05) is 19.6 Å². The highest BCUT2D eigenvalue weighted by Gasteiger charge is 2.08. The number of hydrogen-bond donors (Lipinski definition) is 2. The van der Waals surface area contributed by atoms with Crippen molar-refractivity contribution in [1.29, 1.82) is 0 Å². The third-order valence-corrected chi connectivity index (χ3v) is 1.59. The van der Waals surface area contributed by atoms with E-state index < -0.39 is 0 Å². The Morgan fingerprint density at radius 2 is 2.38 bits per heavy atom. The van der Waals surface area contributed by atoms with E-state index >= 15 is 0 Å². The first-order chi connectivity index (χ1) is 3.84. The lowest BCUT2D eigenvalue weighted by Gasteiger charge is -2.21. The number of nitrogens with one attached hydrogen (secondary N) is 1. The molecular formula is C6H12N2. The molecule has 0 radical (unpaired) electrons. The summed E-state index contributed by atoms with van der Waals surface area (Å²) in [4.78, 5) is 0. The number of rotatable bonds is 1. The lowest BCUT2D eigenvalue weighted by atomic mass is 10.1. The van der Waals surface area contributed by atoms with E-state index in [9.17, 15) is 0 Å². The van der Waals surface area contributed by atoms with Crippen molar-refractivity contribution in [3.05, 3.63) is 11.1 Å². The monoisotopic (exact) mass is 112 g/mol. The molecule has 0 atom stereocenters. The summed E-state index contributed by atoms with van der Waals surface area (Å²) in [5, 5.41) is 3.16. The van der Waals surface area contributed by atoms with Crippen LogP contribution in [0.3, 0.4) is 0 Å². The molecule has 0 aliphatic carbocycles. The second kappa shape index (κ2) is 2.29. The molecule has 8 heavy (non-hydrogen) atoms. The quantitative estimate of drug-likeness (QED) is 0.463. The Morgan fingerprint density at radius 3 is 2.50 bits per heavy atom. The fourth-order valence-electron chi connectivity index (χ4n) is 0.696. The molecule has 46 valence electrons. The van der Waals surface area contributed by atoms with Crippen LogP contribution < -0.4 is 11.1 Å². The van der Waals surface area contributed by atoms with Crippen LogP contribution in [0, 0.1) is 0 Å². The van der Waals surface area contributed by atoms with Crippen LogP contribution >= 0.6 is 0 Å². The summed E-state index contributed by atoms with van der Waals surface area (Å²) in [6.45, 7) is 4.93. The Balaban J connectivity index is 2.47. The van der Waals surface area contributed by atoms with E-state index in [1.807, 2.05) is 0 Å². The zero-order chi connectivity index (χ0) is 5.98. The summed E-state index contributed by atoms with van der Waals surface area (Å²) in [6.07, 6.45) is 0. The lowest BCUT2D eigenvalue weighted by molar-refractivity contribution is 0.655. The van der Waals surface area contributed by atoms with Crippen LogP contribution in [0.1, 0.15) is 6.92 Å². The van der Waals surface area contributed by atoms with Crippen molar-refractivity contribution in [2.75, 3.05) is 19.6 Å². The highest BCUT2D eigenvalue weighted by Crippen LogP contribution is 2.05. The van der Waals surface area contributed by atoms with Crippen LogP contribution in [0.5, 0.6) is 0 Å². The second-order valence-corrected chi connectivity index (χ2v) is 2.19. The Bertz CT molecular complexity index is 104. The highest BCUT2D eigenvalue weighted by molar-refractivity contribution is 5.21. The van der Waals surface area contributed by atoms with E-state index in [0.717, 1.165) is 19.6 Å². The summed E-state index contributed by atoms with van der Waals surface area (Å²) in [7, 11) is 0. The van der Waals surface area contributed by atoms with Crippen molar-refractivity contribution in [3.63, 3.8) is 0 Å². The average molecular weight is 112 g/mol. The van der Waals surface area contributed by atoms with Gasteiger partial charge in [-0.3, -0.25) is 0 Å². The molecule has 1 rings (SSSR count). The lowest BCUT2D eigenvalue weighted by Crippen LogP contribution is -2.35. The average Bonchev–Trinajstić information content (AvgIpc) is 1.62. The van der Waals surface area contributed by atoms with E-state index in [-0.39, 0.29) is 0 Å². The van der Waals surface area contributed by atoms with Crippen LogP contribution in [0.4, 0.5) is 0 Å². The Labute approximate surface area is 49.8 Å². The number of nitrogens with two attached hydrogens (primary N) is 1. The summed E-state index contributed by atoms with van der Waals surface area (Å²) in [6, 6.07) is 0. The third kappa shape index (κ3) is 0.904. The first-order valence-corrected chi connectivity index (χ1v) is 2.93. The van der Waals surface area contributed by atoms with Crippen LogP contribution in [0.2, 0.25) is 0 Å². The van der Waals surface area contributed by atoms with Gasteiger partial charge >= 0.3 is 0 Å². The van der Waals surface area contributed by atoms with Gasteiger partial charge in [-0.05, 0) is 12.5 Å². The largest absolute Gasteiger partial charge is 0.327 e. The number of hydrogen-bond acceptors (Lipinski definition) is 2. The predicted molar refractivity (Wildman–Crippen MR) is 34.6 cm³/mol. The summed E-state index contributed by atoms with van der Waals surface area (Å²) in [5.41, 5.74) is 8.24. The highest BCUT2D eigenvalue weighted by atomic mass is 14.9. The summed E-state index contributed by atoms with van der Waals surface area (Å²) < 4.78 is 0. The van der Waals surface area contributed by atoms with E-state index in [1.54, 1.807) is 0 Å². The fourth-order valence-corrected chi connectivity index (χ4v) is 0.696. The molecule has 3 N–H and O–H groups in total. The zero-order valence-electron chi connectivity index (χ0n) is 5.20. The van der Waals surface area contributed by atoms with Crippen molar-refractivity contribution < 1.29 is 0 Å². The topological polar surface area (TPSA) is 38.0 Å². The van der Waals surface area contributed by atoms with E-state index in [2.05, 4.69) is 12.2 Å². The first-order valence-electron chi connectivity index (χ1n) is 2.93. The van der Waals surface area contributed by atoms with Crippen LogP contribution in [-0.4, -0.2) is 19.6 Å². The Morgan fingerprint density at radius 1 is 1.75 bits per heavy atom. The predicted octanol–water partition coefficient (Wildman–Crippen LogP) is -0.135. The van der Waals surface area contributed by atoms with Crippen molar-refractivity contribution in [2.45, 2.75) is 6.92 Å². The minimum Gasteiger partial charge on any atom is -0.327 e. The maximum Gasteiger partial charge on any atom is 0.0183 e. The molecule has 0 aromatic rings. The Hall–Kier alpha value is -0.340. The minimum atomic E-state index is 0.719. The van der Waals surface area contributed by atoms with Crippen LogP contribution in [0.15, 0.2) is 11.1 Å². The van der Waals surface area contributed by atoms with Gasteiger partial charge in [0.1, 0.15) is 0 Å². The van der Waals surface area contributed by atoms with Gasteiger partial charge in [0.15, 0.2) is 0 Å². The molecule has 0 aromatic carbocycles. The molecule has 0 bridgehead atoms. The van der Waals surface area contributed by atoms with Crippen molar-refractivity contribution >= 4 is 0 Å². The van der Waals surface area contributed by atoms with Gasteiger partial charge in [-0.1, -0.05) is 5.57 Å². The second-order valence-electron chi connectivity index (χ2n) is 2.19. The molecule has 0 unspecified atom stereocenters. The molecule has 1 fully saturated rings. The van der Waals surface area contributed by atoms with Crippen molar-refractivity contribution in [2.24, 2.45) is 5.73 Å². The minimum absolute atomic E-state index is 0.719. The van der Waals surface area contributed by atoms with E-state index in [0.29, 0.717) is 0 Å². The zero-order valence-corrected chi connectivity index (χ0v) is 5.20. The van der Waals surface area contributed by atoms with E-state index in [4.69, 9.17) is 5.73 Å². The standard InChI is InChI=1S/C6H12N2/c1-5(2-7)6-3-8-4-6/h8H,2-4,7H2,1H3. The SMILES string of the molecule is CC(CN)=C1CNC1. The molecule has 0 amide bonds. The summed E-state index contributed by atoms with van der Waals surface area (Å²) in [5.74, 6) is 0. The maximum absolute atomic E-state index is 5.40. The Kier molecular flexibility index (Phi) is 1.65. The molecule has 1 aliphatic rings. The third-order valence-electron chi connectivity index (χ3n) is 1.59. The smallest absolute Gasteiger partial charge is 0.0183 e. The summed E-state index contributed by atoms with van der Waals surface area (Å²) >= 11 is 0. The van der Waals surface area contributed by atoms with Gasteiger partial charge in [0.05, 0.1) is 0 Å². The fraction of sp³-hybridized carbons (Fsp3) is 0.667. The molecule has 1 saturated heterocycles. The van der Waals surface area contributed by atoms with E-state index in [1.165, 1.54) is 11.1 Å². The maximum atomic E-state index is 5.40. The normalized spacial score (nSPS) is 18.0. The molecule has 1 aliphatic heterocycles. The molecule has 0 spiro atoms. The van der Waals surface area contributed by atoms with Gasteiger partial charge in [-0.25, -0.2) is 0 Å². The van der Waals surface area contributed by atoms with Gasteiger partial charge in [0.2, 0.25) is 0 Å². The molecule has 1 heterocycles. The molecule has 0 saturated carbocycles. The molecular weight excluding hydrogens is 100 g/mol. The van der Waals surface area contributed by atoms with Gasteiger partial charge in [-0.2, -0.15) is 0 Å². The first kappa shape index (κ1) is 5.79.